The zero-order valence-corrected chi connectivity index (χ0v) is 13.4. The van der Waals surface area contributed by atoms with Crippen LogP contribution in [0, 0.1) is 0 Å². The number of oxime groups is 1. The van der Waals surface area contributed by atoms with Crippen molar-refractivity contribution in [3.8, 4) is 0 Å². The third kappa shape index (κ3) is 5.82. The van der Waals surface area contributed by atoms with Gasteiger partial charge in [-0.2, -0.15) is 0 Å². The van der Waals surface area contributed by atoms with E-state index in [0.717, 1.165) is 5.69 Å². The van der Waals surface area contributed by atoms with E-state index < -0.39 is 7.82 Å². The Kier molecular flexibility index (Phi) is 6.33. The van der Waals surface area contributed by atoms with Crippen molar-refractivity contribution in [1.82, 2.24) is 0 Å². The molecule has 0 fully saturated rings. The number of nitrogens with zero attached hydrogens (tertiary/aromatic N) is 2. The monoisotopic (exact) mass is 301 g/mol. The van der Waals surface area contributed by atoms with Crippen molar-refractivity contribution in [3.63, 3.8) is 0 Å². The number of rotatable bonds is 7. The summed E-state index contributed by atoms with van der Waals surface area (Å²) < 4.78 is 29.6. The summed E-state index contributed by atoms with van der Waals surface area (Å²) in [5.74, 6) is 0. The normalized spacial score (nSPS) is 12.6. The summed E-state index contributed by atoms with van der Waals surface area (Å²) in [7, 11) is -1.82. The first-order valence-electron chi connectivity index (χ1n) is 6.46. The lowest BCUT2D eigenvalue weighted by Gasteiger charge is -2.18. The number of pyridine rings is 1. The van der Waals surface area contributed by atoms with Crippen LogP contribution >= 0.6 is 7.82 Å². The van der Waals surface area contributed by atoms with Gasteiger partial charge < -0.3 is 0 Å². The zero-order valence-electron chi connectivity index (χ0n) is 12.5. The lowest BCUT2D eigenvalue weighted by Crippen LogP contribution is -2.32. The Morgan fingerprint density at radius 2 is 1.80 bits per heavy atom. The zero-order chi connectivity index (χ0) is 15.2. The maximum Gasteiger partial charge on any atom is 0.551 e. The Labute approximate surface area is 120 Å². The standard InChI is InChI=1S/C13H22N2O4P/c1-11(2)17-20(16,18-12(3)4)19-14-10-13-8-6-7-9-15(13)5/h6-12H,1-5H3/q+1/b14-10+. The van der Waals surface area contributed by atoms with Crippen molar-refractivity contribution in [3.05, 3.63) is 30.1 Å². The molecule has 0 aliphatic carbocycles. The second-order valence-corrected chi connectivity index (χ2v) is 6.29. The molecule has 112 valence electrons. The lowest BCUT2D eigenvalue weighted by molar-refractivity contribution is -0.672. The lowest BCUT2D eigenvalue weighted by atomic mass is 10.4. The molecule has 0 N–H and O–H groups in total. The molecule has 0 saturated carbocycles. The van der Waals surface area contributed by atoms with Crippen molar-refractivity contribution >= 4 is 14.0 Å². The van der Waals surface area contributed by atoms with Crippen molar-refractivity contribution in [2.45, 2.75) is 39.9 Å². The van der Waals surface area contributed by atoms with Crippen LogP contribution in [0.1, 0.15) is 33.4 Å². The minimum atomic E-state index is -3.69. The third-order valence-electron chi connectivity index (χ3n) is 2.11. The molecule has 0 aromatic carbocycles. The summed E-state index contributed by atoms with van der Waals surface area (Å²) in [5, 5.41) is 3.72. The van der Waals surface area contributed by atoms with Crippen LogP contribution in [0.4, 0.5) is 0 Å². The minimum absolute atomic E-state index is 0.289. The van der Waals surface area contributed by atoms with Gasteiger partial charge in [0.25, 0.3) is 0 Å². The third-order valence-corrected chi connectivity index (χ3v) is 3.76. The Morgan fingerprint density at radius 3 is 2.30 bits per heavy atom. The van der Waals surface area contributed by atoms with E-state index in [2.05, 4.69) is 5.16 Å². The second kappa shape index (κ2) is 7.53. The first kappa shape index (κ1) is 16.8. The molecule has 0 radical (unpaired) electrons. The van der Waals surface area contributed by atoms with E-state index in [1.54, 1.807) is 27.7 Å². The molecule has 20 heavy (non-hydrogen) atoms. The summed E-state index contributed by atoms with van der Waals surface area (Å²) in [4.78, 5) is 0. The average molecular weight is 301 g/mol. The molecule has 1 aromatic heterocycles. The maximum atomic E-state index is 12.3. The van der Waals surface area contributed by atoms with Gasteiger partial charge in [0, 0.05) is 12.1 Å². The molecule has 6 nitrogen and oxygen atoms in total. The molecule has 1 aromatic rings. The van der Waals surface area contributed by atoms with Crippen LogP contribution in [0.25, 0.3) is 0 Å². The Bertz CT molecular complexity index is 489. The van der Waals surface area contributed by atoms with E-state index in [9.17, 15) is 4.57 Å². The van der Waals surface area contributed by atoms with Gasteiger partial charge in [-0.25, -0.2) is 9.13 Å². The van der Waals surface area contributed by atoms with E-state index in [1.165, 1.54) is 6.21 Å². The molecule has 1 rings (SSSR count). The highest BCUT2D eigenvalue weighted by Gasteiger charge is 2.31. The number of hydrogen-bond donors (Lipinski definition) is 0. The second-order valence-electron chi connectivity index (χ2n) is 4.81. The van der Waals surface area contributed by atoms with Gasteiger partial charge in [0.15, 0.2) is 6.20 Å². The molecule has 1 heterocycles. The Balaban J connectivity index is 2.76. The molecule has 7 heteroatoms. The van der Waals surface area contributed by atoms with Crippen LogP contribution in [0.2, 0.25) is 0 Å². The van der Waals surface area contributed by atoms with Crippen LogP contribution in [-0.4, -0.2) is 18.4 Å². The molecule has 0 atom stereocenters. The smallest absolute Gasteiger partial charge is 0.292 e. The van der Waals surface area contributed by atoms with Crippen molar-refractivity contribution < 1.29 is 22.8 Å². The Hall–Kier alpha value is -1.23. The van der Waals surface area contributed by atoms with Gasteiger partial charge in [-0.1, -0.05) is 5.16 Å². The highest BCUT2D eigenvalue weighted by molar-refractivity contribution is 7.48. The maximum absolute atomic E-state index is 12.3. The van der Waals surface area contributed by atoms with Crippen LogP contribution in [0.3, 0.4) is 0 Å². The number of phosphoric ester groups is 1. The molecule has 0 unspecified atom stereocenters. The molecule has 0 amide bonds. The van der Waals surface area contributed by atoms with Crippen LogP contribution < -0.4 is 4.57 Å². The fourth-order valence-corrected chi connectivity index (χ4v) is 2.71. The number of phosphoric acid groups is 1. The molecule has 0 bridgehead atoms. The molecule has 0 saturated heterocycles. The largest absolute Gasteiger partial charge is 0.551 e. The predicted octanol–water partition coefficient (Wildman–Crippen LogP) is 2.82. The highest BCUT2D eigenvalue weighted by Crippen LogP contribution is 2.51. The van der Waals surface area contributed by atoms with Gasteiger partial charge in [-0.05, 0) is 33.8 Å². The predicted molar refractivity (Wildman–Crippen MR) is 76.3 cm³/mol. The number of hydrogen-bond acceptors (Lipinski definition) is 5. The van der Waals surface area contributed by atoms with Gasteiger partial charge in [0.05, 0.1) is 12.2 Å². The summed E-state index contributed by atoms with van der Waals surface area (Å²) >= 11 is 0. The fourth-order valence-electron chi connectivity index (χ4n) is 1.39. The van der Waals surface area contributed by atoms with Crippen molar-refractivity contribution in [2.75, 3.05) is 0 Å². The fraction of sp³-hybridized carbons (Fsp3) is 0.538. The summed E-state index contributed by atoms with van der Waals surface area (Å²) in [6, 6.07) is 5.62. The van der Waals surface area contributed by atoms with E-state index in [1.807, 2.05) is 36.0 Å². The summed E-state index contributed by atoms with van der Waals surface area (Å²) in [5.41, 5.74) is 0.799. The van der Waals surface area contributed by atoms with Crippen LogP contribution in [0.15, 0.2) is 29.6 Å². The van der Waals surface area contributed by atoms with Gasteiger partial charge in [0.2, 0.25) is 5.69 Å². The SMILES string of the molecule is CC(C)OP(=O)(O/N=C/c1cccc[n+]1C)OC(C)C. The van der Waals surface area contributed by atoms with Gasteiger partial charge in [-0.3, -0.25) is 13.7 Å². The van der Waals surface area contributed by atoms with E-state index >= 15 is 0 Å². The number of aryl methyl sites for hydroxylation is 1. The molecular formula is C13H22N2O4P+. The topological polar surface area (TPSA) is 61.0 Å². The van der Waals surface area contributed by atoms with E-state index in [4.69, 9.17) is 13.7 Å². The molecule has 0 aliphatic heterocycles. The molecule has 0 spiro atoms. The van der Waals surface area contributed by atoms with E-state index in [-0.39, 0.29) is 12.2 Å². The highest BCUT2D eigenvalue weighted by atomic mass is 31.2. The average Bonchev–Trinajstić information content (AvgIpc) is 2.29. The first-order chi connectivity index (χ1) is 9.32. The van der Waals surface area contributed by atoms with E-state index in [0.29, 0.717) is 0 Å². The molecule has 0 aliphatic rings. The quantitative estimate of drug-likeness (QED) is 0.336. The first-order valence-corrected chi connectivity index (χ1v) is 7.92. The van der Waals surface area contributed by atoms with Gasteiger partial charge in [0.1, 0.15) is 13.3 Å². The van der Waals surface area contributed by atoms with Gasteiger partial charge >= 0.3 is 7.82 Å². The van der Waals surface area contributed by atoms with Crippen LogP contribution in [-0.2, 0) is 25.3 Å². The van der Waals surface area contributed by atoms with Gasteiger partial charge in [-0.15, -0.1) is 0 Å². The van der Waals surface area contributed by atoms with Crippen molar-refractivity contribution in [2.24, 2.45) is 12.2 Å². The van der Waals surface area contributed by atoms with Crippen LogP contribution in [0.5, 0.6) is 0 Å². The summed E-state index contributed by atoms with van der Waals surface area (Å²) in [6.45, 7) is 7.00. The number of aromatic nitrogens is 1. The Morgan fingerprint density at radius 1 is 1.20 bits per heavy atom. The minimum Gasteiger partial charge on any atom is -0.292 e. The van der Waals surface area contributed by atoms with Crippen molar-refractivity contribution in [1.29, 1.82) is 0 Å². The molecular weight excluding hydrogens is 279 g/mol. The summed E-state index contributed by atoms with van der Waals surface area (Å²) in [6.07, 6.45) is 2.75.